The van der Waals surface area contributed by atoms with Crippen LogP contribution in [0.15, 0.2) is 48.0 Å². The number of nitrogens with zero attached hydrogens (tertiary/aromatic N) is 2. The number of carbonyl (C=O) groups is 1. The molecule has 1 aromatic carbocycles. The predicted molar refractivity (Wildman–Crippen MR) is 125 cm³/mol. The van der Waals surface area contributed by atoms with Gasteiger partial charge in [0.2, 0.25) is 0 Å². The molecule has 0 bridgehead atoms. The minimum Gasteiger partial charge on any atom is -0.395 e. The fraction of sp³-hybridized carbons (Fsp3) is 0.320. The molecule has 2 fully saturated rings. The van der Waals surface area contributed by atoms with E-state index in [-0.39, 0.29) is 17.9 Å². The summed E-state index contributed by atoms with van der Waals surface area (Å²) in [4.78, 5) is 20.2. The van der Waals surface area contributed by atoms with E-state index in [1.165, 1.54) is 0 Å². The topological polar surface area (TPSA) is 53.4 Å². The molecule has 31 heavy (non-hydrogen) atoms. The summed E-state index contributed by atoms with van der Waals surface area (Å²) in [7, 11) is 0. The van der Waals surface area contributed by atoms with Crippen LogP contribution in [-0.4, -0.2) is 40.6 Å². The van der Waals surface area contributed by atoms with Crippen LogP contribution < -0.4 is 0 Å². The lowest BCUT2D eigenvalue weighted by Gasteiger charge is -2.26. The number of carbonyl (C=O) groups excluding carboxylic acids is 1. The van der Waals surface area contributed by atoms with Crippen LogP contribution in [0.2, 0.25) is 5.02 Å². The molecule has 159 valence electrons. The molecular formula is C25H24ClN2O2S. The fourth-order valence-corrected chi connectivity index (χ4v) is 5.46. The van der Waals surface area contributed by atoms with E-state index in [2.05, 4.69) is 28.9 Å². The summed E-state index contributed by atoms with van der Waals surface area (Å²) in [5, 5.41) is 12.4. The first-order valence-corrected chi connectivity index (χ1v) is 11.9. The van der Waals surface area contributed by atoms with E-state index in [0.717, 1.165) is 66.0 Å². The highest BCUT2D eigenvalue weighted by atomic mass is 35.5. The van der Waals surface area contributed by atoms with Crippen molar-refractivity contribution < 1.29 is 9.90 Å². The average Bonchev–Trinajstić information content (AvgIpc) is 3.48. The highest BCUT2D eigenvalue weighted by molar-refractivity contribution is 7.14. The van der Waals surface area contributed by atoms with Gasteiger partial charge in [-0.15, -0.1) is 11.3 Å². The Balaban J connectivity index is 1.39. The number of aromatic nitrogens is 1. The molecule has 2 aliphatic rings. The van der Waals surface area contributed by atoms with Crippen molar-refractivity contribution in [3.05, 3.63) is 70.7 Å². The number of rotatable bonds is 5. The zero-order valence-electron chi connectivity index (χ0n) is 17.2. The first-order valence-electron chi connectivity index (χ1n) is 10.7. The number of hydrogen-bond acceptors (Lipinski definition) is 4. The maximum Gasteiger partial charge on any atom is 0.253 e. The van der Waals surface area contributed by atoms with Gasteiger partial charge in [-0.1, -0.05) is 17.7 Å². The molecule has 3 aromatic rings. The monoisotopic (exact) mass is 451 g/mol. The number of piperidine rings is 1. The van der Waals surface area contributed by atoms with E-state index in [1.54, 1.807) is 17.4 Å². The zero-order chi connectivity index (χ0) is 21.4. The molecule has 6 heteroatoms. The number of amides is 1. The molecule has 1 saturated heterocycles. The Morgan fingerprint density at radius 1 is 1.13 bits per heavy atom. The molecule has 1 aliphatic carbocycles. The summed E-state index contributed by atoms with van der Waals surface area (Å²) < 4.78 is 0. The number of aliphatic hydroxyl groups is 1. The van der Waals surface area contributed by atoms with E-state index in [9.17, 15) is 9.90 Å². The van der Waals surface area contributed by atoms with Gasteiger partial charge < -0.3 is 10.0 Å². The Bertz CT molecular complexity index is 1120. The van der Waals surface area contributed by atoms with Crippen LogP contribution in [0.4, 0.5) is 0 Å². The Hall–Kier alpha value is -2.21. The third-order valence-electron chi connectivity index (χ3n) is 6.37. The Kier molecular flexibility index (Phi) is 5.59. The van der Waals surface area contributed by atoms with E-state index >= 15 is 0 Å². The maximum absolute atomic E-state index is 12.8. The second-order valence-corrected chi connectivity index (χ2v) is 9.74. The minimum atomic E-state index is -0.146. The quantitative estimate of drug-likeness (QED) is 0.549. The molecule has 4 nitrogen and oxygen atoms in total. The van der Waals surface area contributed by atoms with Gasteiger partial charge in [-0.2, -0.15) is 0 Å². The largest absolute Gasteiger partial charge is 0.395 e. The van der Waals surface area contributed by atoms with E-state index in [4.69, 9.17) is 11.6 Å². The summed E-state index contributed by atoms with van der Waals surface area (Å²) in [5.41, 5.74) is 4.61. The number of pyridine rings is 1. The lowest BCUT2D eigenvalue weighted by molar-refractivity contribution is 0.0742. The Morgan fingerprint density at radius 3 is 2.65 bits per heavy atom. The molecular weight excluding hydrogens is 428 g/mol. The Labute approximate surface area is 191 Å². The van der Waals surface area contributed by atoms with E-state index in [0.29, 0.717) is 10.6 Å². The first kappa shape index (κ1) is 20.7. The lowest BCUT2D eigenvalue weighted by Crippen LogP contribution is -2.35. The molecule has 1 aliphatic heterocycles. The standard InChI is InChI=1S/C25H24ClN2O2S/c26-21-12-18(24(30)28-10-2-1-3-11-28)4-5-20(21)22-13-19(15-31-22)17-6-9-27-23(14-17)25(16-29)7-8-25/h1,4-6,9,12-15,29H,2-3,7-8,10-11,16H2. The zero-order valence-corrected chi connectivity index (χ0v) is 18.8. The molecule has 0 atom stereocenters. The lowest BCUT2D eigenvalue weighted by atomic mass is 9.99. The molecule has 0 spiro atoms. The van der Waals surface area contributed by atoms with Crippen molar-refractivity contribution in [3.8, 4) is 21.6 Å². The maximum atomic E-state index is 12.8. The third kappa shape index (κ3) is 4.02. The van der Waals surface area contributed by atoms with Crippen LogP contribution in [0.25, 0.3) is 21.6 Å². The second-order valence-electron chi connectivity index (χ2n) is 8.42. The predicted octanol–water partition coefficient (Wildman–Crippen LogP) is 5.59. The van der Waals surface area contributed by atoms with Crippen molar-refractivity contribution in [2.45, 2.75) is 31.1 Å². The third-order valence-corrected chi connectivity index (χ3v) is 7.64. The van der Waals surface area contributed by atoms with Crippen molar-refractivity contribution in [3.63, 3.8) is 0 Å². The first-order chi connectivity index (χ1) is 15.1. The van der Waals surface area contributed by atoms with Gasteiger partial charge in [0, 0.05) is 46.4 Å². The summed E-state index contributed by atoms with van der Waals surface area (Å²) in [6, 6.07) is 11.8. The minimum absolute atomic E-state index is 0.0515. The smallest absolute Gasteiger partial charge is 0.253 e. The number of thiophene rings is 1. The molecule has 1 radical (unpaired) electrons. The van der Waals surface area contributed by atoms with Crippen LogP contribution in [-0.2, 0) is 5.41 Å². The Morgan fingerprint density at radius 2 is 1.94 bits per heavy atom. The second kappa shape index (κ2) is 8.38. The van der Waals surface area contributed by atoms with Crippen molar-refractivity contribution >= 4 is 28.8 Å². The molecule has 1 N–H and O–H groups in total. The number of halogens is 1. The van der Waals surface area contributed by atoms with Crippen LogP contribution in [0.1, 0.15) is 41.7 Å². The molecule has 3 heterocycles. The van der Waals surface area contributed by atoms with Gasteiger partial charge in [0.15, 0.2) is 0 Å². The highest BCUT2D eigenvalue weighted by Gasteiger charge is 2.45. The normalized spacial score (nSPS) is 17.5. The van der Waals surface area contributed by atoms with Gasteiger partial charge in [0.25, 0.3) is 5.91 Å². The molecule has 1 amide bonds. The van der Waals surface area contributed by atoms with Gasteiger partial charge >= 0.3 is 0 Å². The number of benzene rings is 1. The number of hydrogen-bond donors (Lipinski definition) is 1. The summed E-state index contributed by atoms with van der Waals surface area (Å²) >= 11 is 8.24. The summed E-state index contributed by atoms with van der Waals surface area (Å²) in [6.07, 6.45) is 7.94. The van der Waals surface area contributed by atoms with Crippen LogP contribution in [0.5, 0.6) is 0 Å². The molecule has 1 saturated carbocycles. The average molecular weight is 452 g/mol. The molecule has 0 unspecified atom stereocenters. The molecule has 2 aromatic heterocycles. The van der Waals surface area contributed by atoms with Crippen molar-refractivity contribution in [2.75, 3.05) is 19.7 Å². The van der Waals surface area contributed by atoms with Gasteiger partial charge in [-0.3, -0.25) is 9.78 Å². The van der Waals surface area contributed by atoms with Gasteiger partial charge in [0.05, 0.1) is 11.6 Å². The van der Waals surface area contributed by atoms with Crippen molar-refractivity contribution in [1.29, 1.82) is 0 Å². The molecule has 5 rings (SSSR count). The van der Waals surface area contributed by atoms with Crippen molar-refractivity contribution in [1.82, 2.24) is 9.88 Å². The van der Waals surface area contributed by atoms with E-state index in [1.807, 2.05) is 29.3 Å². The van der Waals surface area contributed by atoms with Crippen molar-refractivity contribution in [2.24, 2.45) is 0 Å². The summed E-state index contributed by atoms with van der Waals surface area (Å²) in [5.74, 6) is 0.0515. The van der Waals surface area contributed by atoms with Gasteiger partial charge in [-0.05, 0) is 78.9 Å². The van der Waals surface area contributed by atoms with Gasteiger partial charge in [0.1, 0.15) is 0 Å². The highest BCUT2D eigenvalue weighted by Crippen LogP contribution is 2.47. The van der Waals surface area contributed by atoms with Gasteiger partial charge in [-0.25, -0.2) is 0 Å². The SMILES string of the molecule is O=C(c1ccc(-c2cc(-c3ccnc(C4(CO)CC4)c3)cs2)c(Cl)c1)N1CC[CH]CC1. The number of likely N-dealkylation sites (tertiary alicyclic amines) is 1. The van der Waals surface area contributed by atoms with Crippen LogP contribution in [0.3, 0.4) is 0 Å². The summed E-state index contributed by atoms with van der Waals surface area (Å²) in [6.45, 7) is 1.70. The van der Waals surface area contributed by atoms with Crippen LogP contribution in [0, 0.1) is 6.42 Å². The fourth-order valence-electron chi connectivity index (χ4n) is 4.16. The number of aliphatic hydroxyl groups excluding tert-OH is 1. The van der Waals surface area contributed by atoms with E-state index < -0.39 is 0 Å². The van der Waals surface area contributed by atoms with Crippen LogP contribution >= 0.6 is 22.9 Å².